The first-order chi connectivity index (χ1) is 14.7. The molecular formula is C21H23F3N6O. The fraction of sp³-hybridized carbons (Fsp3) is 0.381. The molecule has 3 aromatic rings. The van der Waals surface area contributed by atoms with Gasteiger partial charge >= 0.3 is 6.18 Å². The van der Waals surface area contributed by atoms with Crippen LogP contribution in [0.25, 0.3) is 10.9 Å². The van der Waals surface area contributed by atoms with Gasteiger partial charge in [0.25, 0.3) is 5.56 Å². The quantitative estimate of drug-likeness (QED) is 0.580. The van der Waals surface area contributed by atoms with Crippen LogP contribution in [0.1, 0.15) is 24.0 Å². The molecule has 7 nitrogen and oxygen atoms in total. The molecule has 1 aromatic carbocycles. The molecule has 0 aliphatic carbocycles. The highest BCUT2D eigenvalue weighted by Gasteiger charge is 2.31. The molecular weight excluding hydrogens is 409 g/mol. The monoisotopic (exact) mass is 432 g/mol. The fourth-order valence-corrected chi connectivity index (χ4v) is 3.74. The smallest absolute Gasteiger partial charge is 0.351 e. The molecule has 0 unspecified atom stereocenters. The van der Waals surface area contributed by atoms with Crippen LogP contribution in [0.5, 0.6) is 0 Å². The number of halogens is 3. The van der Waals surface area contributed by atoms with Gasteiger partial charge in [-0.05, 0) is 69.7 Å². The minimum absolute atomic E-state index is 0.154. The number of aromatic amines is 1. The summed E-state index contributed by atoms with van der Waals surface area (Å²) in [5.41, 5.74) is -0.156. The SMILES string of the molecule is Cc1cc(Nc2nc(NC3CCN(C)CC3)nc3cc[nH]c(=O)c23)cc(C(F)(F)F)c1. The van der Waals surface area contributed by atoms with Gasteiger partial charge in [-0.15, -0.1) is 0 Å². The van der Waals surface area contributed by atoms with Gasteiger partial charge in [0.15, 0.2) is 0 Å². The van der Waals surface area contributed by atoms with Crippen LogP contribution < -0.4 is 16.2 Å². The Balaban J connectivity index is 1.72. The number of rotatable bonds is 4. The number of aryl methyl sites for hydroxylation is 1. The Morgan fingerprint density at radius 2 is 1.90 bits per heavy atom. The molecule has 0 amide bonds. The predicted octanol–water partition coefficient (Wildman–Crippen LogP) is 3.90. The lowest BCUT2D eigenvalue weighted by atomic mass is 10.1. The summed E-state index contributed by atoms with van der Waals surface area (Å²) in [5, 5.41) is 6.40. The Morgan fingerprint density at radius 3 is 2.61 bits per heavy atom. The number of nitrogens with zero attached hydrogens (tertiary/aromatic N) is 3. The first-order valence-corrected chi connectivity index (χ1v) is 9.99. The first-order valence-electron chi connectivity index (χ1n) is 9.99. The van der Waals surface area contributed by atoms with Crippen molar-refractivity contribution in [3.05, 3.63) is 51.9 Å². The molecule has 1 fully saturated rings. The van der Waals surface area contributed by atoms with E-state index in [9.17, 15) is 18.0 Å². The van der Waals surface area contributed by atoms with Gasteiger partial charge in [0, 0.05) is 17.9 Å². The second-order valence-corrected chi connectivity index (χ2v) is 7.90. The summed E-state index contributed by atoms with van der Waals surface area (Å²) in [7, 11) is 2.06. The Morgan fingerprint density at radius 1 is 1.16 bits per heavy atom. The molecule has 3 heterocycles. The van der Waals surface area contributed by atoms with Gasteiger partial charge in [-0.1, -0.05) is 0 Å². The third-order valence-electron chi connectivity index (χ3n) is 5.34. The van der Waals surface area contributed by atoms with Crippen molar-refractivity contribution in [3.63, 3.8) is 0 Å². The highest BCUT2D eigenvalue weighted by molar-refractivity contribution is 5.91. The van der Waals surface area contributed by atoms with E-state index in [0.717, 1.165) is 38.1 Å². The molecule has 0 saturated carbocycles. The topological polar surface area (TPSA) is 85.9 Å². The van der Waals surface area contributed by atoms with E-state index in [1.807, 2.05) is 0 Å². The lowest BCUT2D eigenvalue weighted by molar-refractivity contribution is -0.137. The summed E-state index contributed by atoms with van der Waals surface area (Å²) >= 11 is 0. The fourth-order valence-electron chi connectivity index (χ4n) is 3.74. The highest BCUT2D eigenvalue weighted by atomic mass is 19.4. The van der Waals surface area contributed by atoms with E-state index in [1.165, 1.54) is 6.20 Å². The van der Waals surface area contributed by atoms with Gasteiger partial charge in [-0.2, -0.15) is 18.2 Å². The molecule has 1 aliphatic rings. The third kappa shape index (κ3) is 4.79. The van der Waals surface area contributed by atoms with E-state index in [2.05, 4.69) is 37.5 Å². The molecule has 3 N–H and O–H groups in total. The minimum Gasteiger partial charge on any atom is -0.351 e. The molecule has 0 radical (unpaired) electrons. The van der Waals surface area contributed by atoms with E-state index >= 15 is 0 Å². The van der Waals surface area contributed by atoms with Gasteiger partial charge in [0.05, 0.1) is 11.1 Å². The van der Waals surface area contributed by atoms with E-state index < -0.39 is 17.3 Å². The maximum atomic E-state index is 13.2. The van der Waals surface area contributed by atoms with E-state index in [1.54, 1.807) is 19.1 Å². The molecule has 164 valence electrons. The van der Waals surface area contributed by atoms with Crippen LogP contribution in [0, 0.1) is 6.92 Å². The van der Waals surface area contributed by atoms with Crippen molar-refractivity contribution >= 4 is 28.4 Å². The maximum Gasteiger partial charge on any atom is 0.416 e. The standard InChI is InChI=1S/C21H23F3N6O/c1-12-9-13(21(22,23)24)11-15(10-12)26-18-17-16(3-6-25-19(17)31)28-20(29-18)27-14-4-7-30(2)8-5-14/h3,6,9-11,14H,4-5,7-8H2,1-2H3,(H,25,31)(H2,26,27,28,29). The minimum atomic E-state index is -4.48. The van der Waals surface area contributed by atoms with Crippen LogP contribution in [-0.2, 0) is 6.18 Å². The van der Waals surface area contributed by atoms with Crippen LogP contribution in [-0.4, -0.2) is 46.0 Å². The number of nitrogens with one attached hydrogen (secondary N) is 3. The molecule has 4 rings (SSSR count). The Bertz CT molecular complexity index is 1150. The van der Waals surface area contributed by atoms with E-state index in [-0.39, 0.29) is 22.9 Å². The zero-order chi connectivity index (χ0) is 22.2. The molecule has 10 heteroatoms. The summed E-state index contributed by atoms with van der Waals surface area (Å²) in [4.78, 5) is 26.1. The van der Waals surface area contributed by atoms with Crippen molar-refractivity contribution in [3.8, 4) is 0 Å². The van der Waals surface area contributed by atoms with Crippen LogP contribution in [0.4, 0.5) is 30.6 Å². The van der Waals surface area contributed by atoms with Crippen molar-refractivity contribution in [1.29, 1.82) is 0 Å². The van der Waals surface area contributed by atoms with Gasteiger partial charge in [0.2, 0.25) is 5.95 Å². The molecule has 0 bridgehead atoms. The number of pyridine rings is 1. The molecule has 2 aromatic heterocycles. The van der Waals surface area contributed by atoms with Crippen LogP contribution in [0.2, 0.25) is 0 Å². The van der Waals surface area contributed by atoms with Gasteiger partial charge in [-0.25, -0.2) is 4.98 Å². The lowest BCUT2D eigenvalue weighted by Crippen LogP contribution is -2.37. The second-order valence-electron chi connectivity index (χ2n) is 7.90. The predicted molar refractivity (Wildman–Crippen MR) is 114 cm³/mol. The number of anilines is 3. The van der Waals surface area contributed by atoms with Crippen LogP contribution in [0.15, 0.2) is 35.3 Å². The van der Waals surface area contributed by atoms with Crippen molar-refractivity contribution in [2.45, 2.75) is 32.0 Å². The zero-order valence-corrected chi connectivity index (χ0v) is 17.2. The number of likely N-dealkylation sites (tertiary alicyclic amines) is 1. The first kappa shape index (κ1) is 21.1. The average Bonchev–Trinajstić information content (AvgIpc) is 2.68. The molecule has 1 saturated heterocycles. The number of aromatic nitrogens is 3. The summed E-state index contributed by atoms with van der Waals surface area (Å²) in [6.07, 6.45) is -1.16. The van der Waals surface area contributed by atoms with Crippen LogP contribution >= 0.6 is 0 Å². The summed E-state index contributed by atoms with van der Waals surface area (Å²) < 4.78 is 39.7. The average molecular weight is 432 g/mol. The van der Waals surface area contributed by atoms with Crippen molar-refractivity contribution in [2.24, 2.45) is 0 Å². The van der Waals surface area contributed by atoms with Crippen molar-refractivity contribution in [2.75, 3.05) is 30.8 Å². The zero-order valence-electron chi connectivity index (χ0n) is 17.2. The third-order valence-corrected chi connectivity index (χ3v) is 5.34. The normalized spacial score (nSPS) is 15.9. The van der Waals surface area contributed by atoms with Crippen molar-refractivity contribution in [1.82, 2.24) is 19.9 Å². The molecule has 0 spiro atoms. The molecule has 31 heavy (non-hydrogen) atoms. The van der Waals surface area contributed by atoms with Gasteiger partial charge < -0.3 is 20.5 Å². The number of hydrogen-bond acceptors (Lipinski definition) is 6. The number of alkyl halides is 3. The second kappa shape index (κ2) is 8.18. The molecule has 0 atom stereocenters. The number of piperidine rings is 1. The summed E-state index contributed by atoms with van der Waals surface area (Å²) in [6.45, 7) is 3.47. The van der Waals surface area contributed by atoms with E-state index in [0.29, 0.717) is 17.0 Å². The van der Waals surface area contributed by atoms with Crippen molar-refractivity contribution < 1.29 is 13.2 Å². The van der Waals surface area contributed by atoms with Gasteiger partial charge in [-0.3, -0.25) is 4.79 Å². The number of H-pyrrole nitrogens is 1. The summed E-state index contributed by atoms with van der Waals surface area (Å²) in [6, 6.07) is 5.47. The van der Waals surface area contributed by atoms with Crippen LogP contribution in [0.3, 0.4) is 0 Å². The number of fused-ring (bicyclic) bond motifs is 1. The number of hydrogen-bond donors (Lipinski definition) is 3. The maximum absolute atomic E-state index is 13.2. The number of benzene rings is 1. The highest BCUT2D eigenvalue weighted by Crippen LogP contribution is 2.33. The Labute approximate surface area is 176 Å². The lowest BCUT2D eigenvalue weighted by Gasteiger charge is -2.29. The largest absolute Gasteiger partial charge is 0.416 e. The Hall–Kier alpha value is -3.14. The van der Waals surface area contributed by atoms with E-state index in [4.69, 9.17) is 0 Å². The Kier molecular flexibility index (Phi) is 5.57. The molecule has 1 aliphatic heterocycles. The van der Waals surface area contributed by atoms with Gasteiger partial charge in [0.1, 0.15) is 11.2 Å². The summed E-state index contributed by atoms with van der Waals surface area (Å²) in [5.74, 6) is 0.486.